The van der Waals surface area contributed by atoms with Gasteiger partial charge in [0.25, 0.3) is 10.0 Å². The molecule has 1 aromatic carbocycles. The summed E-state index contributed by atoms with van der Waals surface area (Å²) in [7, 11) is -3.74. The summed E-state index contributed by atoms with van der Waals surface area (Å²) in [4.78, 5) is 19.8. The van der Waals surface area contributed by atoms with E-state index in [2.05, 4.69) is 9.97 Å². The summed E-state index contributed by atoms with van der Waals surface area (Å²) in [6.45, 7) is 2.63. The standard InChI is InChI=1S/C22H26N4O4S2/c1-16(28)12-21-24-14-22(31-21)32(29,30)26-10-4-8-19(26)17-6-2-3-7-18(17)20-13-23-15-25(20)9-5-11-27/h2-3,6-7,13-15,19,27H,4-5,8-12H2,1H3. The van der Waals surface area contributed by atoms with Gasteiger partial charge in [-0.1, -0.05) is 24.3 Å². The largest absolute Gasteiger partial charge is 0.396 e. The first kappa shape index (κ1) is 22.8. The van der Waals surface area contributed by atoms with Crippen LogP contribution in [-0.2, 0) is 27.8 Å². The fourth-order valence-corrected chi connectivity index (χ4v) is 7.20. The number of aliphatic hydroxyl groups is 1. The minimum atomic E-state index is -3.74. The average molecular weight is 475 g/mol. The van der Waals surface area contributed by atoms with Gasteiger partial charge in [-0.2, -0.15) is 4.31 Å². The Labute approximate surface area is 191 Å². The third kappa shape index (κ3) is 4.54. The summed E-state index contributed by atoms with van der Waals surface area (Å²) in [6, 6.07) is 7.53. The van der Waals surface area contributed by atoms with Gasteiger partial charge < -0.3 is 9.67 Å². The molecule has 3 heterocycles. The highest BCUT2D eigenvalue weighted by atomic mass is 32.2. The number of hydrogen-bond donors (Lipinski definition) is 1. The highest BCUT2D eigenvalue weighted by molar-refractivity contribution is 7.91. The maximum atomic E-state index is 13.5. The van der Waals surface area contributed by atoms with Gasteiger partial charge in [0.15, 0.2) is 4.21 Å². The van der Waals surface area contributed by atoms with Gasteiger partial charge in [-0.25, -0.2) is 18.4 Å². The van der Waals surface area contributed by atoms with Gasteiger partial charge in [-0.15, -0.1) is 11.3 Å². The molecule has 170 valence electrons. The second kappa shape index (κ2) is 9.62. The summed E-state index contributed by atoms with van der Waals surface area (Å²) in [5.41, 5.74) is 2.78. The lowest BCUT2D eigenvalue weighted by Gasteiger charge is -2.25. The molecule has 8 nitrogen and oxygen atoms in total. The van der Waals surface area contributed by atoms with Crippen molar-refractivity contribution in [2.24, 2.45) is 0 Å². The number of sulfonamides is 1. The number of carbonyl (C=O) groups excluding carboxylic acids is 1. The van der Waals surface area contributed by atoms with Gasteiger partial charge in [0.05, 0.1) is 36.9 Å². The van der Waals surface area contributed by atoms with Crippen molar-refractivity contribution in [3.63, 3.8) is 0 Å². The number of ketones is 1. The molecule has 1 saturated heterocycles. The number of rotatable bonds is 9. The zero-order chi connectivity index (χ0) is 22.7. The molecule has 1 aliphatic rings. The first-order valence-corrected chi connectivity index (χ1v) is 12.8. The molecule has 0 amide bonds. The summed E-state index contributed by atoms with van der Waals surface area (Å²) in [6.07, 6.45) is 7.12. The number of aromatic nitrogens is 3. The van der Waals surface area contributed by atoms with Crippen LogP contribution >= 0.6 is 11.3 Å². The molecular formula is C22H26N4O4S2. The normalized spacial score (nSPS) is 17.1. The number of aryl methyl sites for hydroxylation is 1. The highest BCUT2D eigenvalue weighted by Gasteiger charge is 2.38. The second-order valence-corrected chi connectivity index (χ2v) is 11.1. The molecule has 1 fully saturated rings. The first-order valence-electron chi connectivity index (χ1n) is 10.6. The van der Waals surface area contributed by atoms with Crippen LogP contribution in [0.5, 0.6) is 0 Å². The maximum absolute atomic E-state index is 13.5. The monoisotopic (exact) mass is 474 g/mol. The van der Waals surface area contributed by atoms with E-state index < -0.39 is 10.0 Å². The molecule has 3 aromatic rings. The number of Topliss-reactive ketones (excluding diaryl/α,β-unsaturated/α-hetero) is 1. The van der Waals surface area contributed by atoms with Crippen molar-refractivity contribution in [2.75, 3.05) is 13.2 Å². The van der Waals surface area contributed by atoms with Crippen LogP contribution in [-0.4, -0.2) is 51.3 Å². The number of aliphatic hydroxyl groups excluding tert-OH is 1. The van der Waals surface area contributed by atoms with Crippen molar-refractivity contribution >= 4 is 27.1 Å². The minimum absolute atomic E-state index is 0.0471. The van der Waals surface area contributed by atoms with E-state index in [0.29, 0.717) is 24.5 Å². The quantitative estimate of drug-likeness (QED) is 0.511. The van der Waals surface area contributed by atoms with Crippen LogP contribution < -0.4 is 0 Å². The zero-order valence-electron chi connectivity index (χ0n) is 17.8. The van der Waals surface area contributed by atoms with Gasteiger partial charge in [0, 0.05) is 25.3 Å². The predicted octanol–water partition coefficient (Wildman–Crippen LogP) is 3.05. The fraction of sp³-hybridized carbons (Fsp3) is 0.409. The van der Waals surface area contributed by atoms with Crippen LogP contribution in [0.1, 0.15) is 42.8 Å². The van der Waals surface area contributed by atoms with E-state index >= 15 is 0 Å². The third-order valence-electron chi connectivity index (χ3n) is 5.56. The molecule has 1 atom stereocenters. The molecular weight excluding hydrogens is 448 g/mol. The number of carbonyl (C=O) groups is 1. The minimum Gasteiger partial charge on any atom is -0.396 e. The SMILES string of the molecule is CC(=O)Cc1ncc(S(=O)(=O)N2CCCC2c2ccccc2-c2cncn2CCCO)s1. The van der Waals surface area contributed by atoms with Crippen LogP contribution in [0, 0.1) is 0 Å². The van der Waals surface area contributed by atoms with Crippen molar-refractivity contribution in [2.45, 2.75) is 49.4 Å². The Kier molecular flexibility index (Phi) is 6.85. The number of imidazole rings is 1. The maximum Gasteiger partial charge on any atom is 0.254 e. The lowest BCUT2D eigenvalue weighted by Crippen LogP contribution is -2.30. The molecule has 0 saturated carbocycles. The van der Waals surface area contributed by atoms with Gasteiger partial charge in [-0.05, 0) is 31.7 Å². The average Bonchev–Trinajstić information content (AvgIpc) is 3.52. The van der Waals surface area contributed by atoms with E-state index in [9.17, 15) is 18.3 Å². The molecule has 4 rings (SSSR count). The molecule has 0 radical (unpaired) electrons. The molecule has 1 unspecified atom stereocenters. The lowest BCUT2D eigenvalue weighted by molar-refractivity contribution is -0.116. The Morgan fingerprint density at radius 1 is 1.28 bits per heavy atom. The Hall–Kier alpha value is -2.40. The number of benzene rings is 1. The Balaban J connectivity index is 1.68. The van der Waals surface area contributed by atoms with Crippen molar-refractivity contribution in [3.05, 3.63) is 53.6 Å². The lowest BCUT2D eigenvalue weighted by atomic mass is 9.97. The smallest absolute Gasteiger partial charge is 0.254 e. The summed E-state index contributed by atoms with van der Waals surface area (Å²) < 4.78 is 30.7. The van der Waals surface area contributed by atoms with E-state index in [-0.39, 0.29) is 29.1 Å². The molecule has 32 heavy (non-hydrogen) atoms. The number of nitrogens with zero attached hydrogens (tertiary/aromatic N) is 4. The third-order valence-corrected chi connectivity index (χ3v) is 8.91. The Morgan fingerprint density at radius 2 is 2.09 bits per heavy atom. The number of hydrogen-bond acceptors (Lipinski definition) is 7. The number of thiazole rings is 1. The summed E-state index contributed by atoms with van der Waals surface area (Å²) in [5, 5.41) is 9.72. The Bertz CT molecular complexity index is 1200. The molecule has 1 aliphatic heterocycles. The van der Waals surface area contributed by atoms with Gasteiger partial charge >= 0.3 is 0 Å². The van der Waals surface area contributed by atoms with E-state index in [1.54, 1.807) is 16.8 Å². The molecule has 0 bridgehead atoms. The summed E-state index contributed by atoms with van der Waals surface area (Å²) in [5.74, 6) is -0.0471. The first-order chi connectivity index (χ1) is 15.4. The van der Waals surface area contributed by atoms with E-state index in [4.69, 9.17) is 0 Å². The zero-order valence-corrected chi connectivity index (χ0v) is 19.5. The van der Waals surface area contributed by atoms with Crippen LogP contribution in [0.2, 0.25) is 0 Å². The topological polar surface area (TPSA) is 105 Å². The van der Waals surface area contributed by atoms with Crippen molar-refractivity contribution in [1.82, 2.24) is 18.8 Å². The van der Waals surface area contributed by atoms with E-state index in [1.165, 1.54) is 13.1 Å². The van der Waals surface area contributed by atoms with E-state index in [0.717, 1.165) is 41.0 Å². The summed E-state index contributed by atoms with van der Waals surface area (Å²) >= 11 is 1.07. The van der Waals surface area contributed by atoms with Crippen LogP contribution in [0.4, 0.5) is 0 Å². The Morgan fingerprint density at radius 3 is 2.88 bits per heavy atom. The second-order valence-electron chi connectivity index (χ2n) is 7.86. The van der Waals surface area contributed by atoms with Gasteiger partial charge in [-0.3, -0.25) is 4.79 Å². The van der Waals surface area contributed by atoms with Crippen molar-refractivity contribution in [1.29, 1.82) is 0 Å². The van der Waals surface area contributed by atoms with Crippen molar-refractivity contribution in [3.8, 4) is 11.3 Å². The molecule has 0 aliphatic carbocycles. The van der Waals surface area contributed by atoms with Gasteiger partial charge in [0.1, 0.15) is 10.8 Å². The predicted molar refractivity (Wildman–Crippen MR) is 122 cm³/mol. The van der Waals surface area contributed by atoms with Crippen LogP contribution in [0.25, 0.3) is 11.3 Å². The molecule has 1 N–H and O–H groups in total. The van der Waals surface area contributed by atoms with Gasteiger partial charge in [0.2, 0.25) is 0 Å². The molecule has 2 aromatic heterocycles. The van der Waals surface area contributed by atoms with Crippen LogP contribution in [0.15, 0.2) is 47.2 Å². The molecule has 10 heteroatoms. The van der Waals surface area contributed by atoms with Crippen LogP contribution in [0.3, 0.4) is 0 Å². The highest BCUT2D eigenvalue weighted by Crippen LogP contribution is 2.41. The van der Waals surface area contributed by atoms with Crippen molar-refractivity contribution < 1.29 is 18.3 Å². The van der Waals surface area contributed by atoms with E-state index in [1.807, 2.05) is 28.8 Å². The fourth-order valence-electron chi connectivity index (χ4n) is 4.15. The molecule has 0 spiro atoms.